The highest BCUT2D eigenvalue weighted by Crippen LogP contribution is 2.19. The number of hydrogen-bond donors (Lipinski definition) is 2. The molecular weight excluding hydrogens is 330 g/mol. The van der Waals surface area contributed by atoms with E-state index in [-0.39, 0.29) is 11.8 Å². The normalized spacial score (nSPS) is 10.5. The Morgan fingerprint density at radius 1 is 1.23 bits per heavy atom. The summed E-state index contributed by atoms with van der Waals surface area (Å²) >= 11 is 0. The van der Waals surface area contributed by atoms with Crippen molar-refractivity contribution >= 4 is 11.7 Å². The molecule has 7 nitrogen and oxygen atoms in total. The Bertz CT molecular complexity index is 863. The molecule has 2 N–H and O–H groups in total. The molecule has 0 unspecified atom stereocenters. The van der Waals surface area contributed by atoms with E-state index in [9.17, 15) is 9.90 Å². The van der Waals surface area contributed by atoms with Gasteiger partial charge in [0.15, 0.2) is 0 Å². The summed E-state index contributed by atoms with van der Waals surface area (Å²) < 4.78 is 1.67. The number of nitrogens with one attached hydrogen (secondary N) is 1. The van der Waals surface area contributed by atoms with Crippen LogP contribution in [-0.4, -0.2) is 37.3 Å². The first-order valence-corrected chi connectivity index (χ1v) is 8.45. The molecule has 0 fully saturated rings. The summed E-state index contributed by atoms with van der Waals surface area (Å²) in [6.07, 6.45) is 7.53. The first-order chi connectivity index (χ1) is 12.7. The van der Waals surface area contributed by atoms with Gasteiger partial charge < -0.3 is 15.3 Å². The topological polar surface area (TPSA) is 83.3 Å². The molecular formula is C19H21N5O2. The Balaban J connectivity index is 1.70. The highest BCUT2D eigenvalue weighted by Gasteiger charge is 2.16. The zero-order valence-electron chi connectivity index (χ0n) is 14.5. The van der Waals surface area contributed by atoms with E-state index in [2.05, 4.69) is 15.4 Å². The minimum Gasteiger partial charge on any atom is -0.508 e. The quantitative estimate of drug-likeness (QED) is 0.713. The van der Waals surface area contributed by atoms with E-state index in [1.54, 1.807) is 46.5 Å². The number of aromatic hydroxyl groups is 1. The van der Waals surface area contributed by atoms with Crippen LogP contribution in [0.1, 0.15) is 18.9 Å². The van der Waals surface area contributed by atoms with Crippen LogP contribution in [0.2, 0.25) is 0 Å². The van der Waals surface area contributed by atoms with Gasteiger partial charge >= 0.3 is 6.03 Å². The maximum absolute atomic E-state index is 12.7. The van der Waals surface area contributed by atoms with Crippen LogP contribution in [0.25, 0.3) is 5.69 Å². The van der Waals surface area contributed by atoms with E-state index in [0.29, 0.717) is 24.3 Å². The highest BCUT2D eigenvalue weighted by molar-refractivity contribution is 5.89. The van der Waals surface area contributed by atoms with Crippen molar-refractivity contribution in [1.29, 1.82) is 0 Å². The minimum atomic E-state index is -0.232. The third-order valence-electron chi connectivity index (χ3n) is 3.89. The van der Waals surface area contributed by atoms with Gasteiger partial charge in [0.1, 0.15) is 5.75 Å². The van der Waals surface area contributed by atoms with E-state index in [4.69, 9.17) is 0 Å². The Labute approximate surface area is 151 Å². The van der Waals surface area contributed by atoms with Gasteiger partial charge in [0.25, 0.3) is 0 Å². The molecule has 2 amide bonds. The fourth-order valence-corrected chi connectivity index (χ4v) is 2.60. The molecule has 26 heavy (non-hydrogen) atoms. The molecule has 0 saturated carbocycles. The molecule has 0 aliphatic heterocycles. The Morgan fingerprint density at radius 3 is 2.73 bits per heavy atom. The summed E-state index contributed by atoms with van der Waals surface area (Å²) in [5, 5.41) is 17.1. The maximum Gasteiger partial charge on any atom is 0.322 e. The largest absolute Gasteiger partial charge is 0.508 e. The first kappa shape index (κ1) is 17.5. The van der Waals surface area contributed by atoms with Gasteiger partial charge in [-0.05, 0) is 24.6 Å². The number of anilines is 1. The Hall–Kier alpha value is -3.35. The van der Waals surface area contributed by atoms with Gasteiger partial charge in [-0.15, -0.1) is 0 Å². The average molecular weight is 351 g/mol. The first-order valence-electron chi connectivity index (χ1n) is 8.45. The molecule has 2 aromatic heterocycles. The third-order valence-corrected chi connectivity index (χ3v) is 3.89. The predicted molar refractivity (Wildman–Crippen MR) is 99.2 cm³/mol. The number of carbonyl (C=O) groups is 1. The van der Waals surface area contributed by atoms with Crippen LogP contribution in [0.5, 0.6) is 5.75 Å². The minimum absolute atomic E-state index is 0.187. The van der Waals surface area contributed by atoms with Crippen LogP contribution in [-0.2, 0) is 6.54 Å². The summed E-state index contributed by atoms with van der Waals surface area (Å²) in [4.78, 5) is 18.3. The van der Waals surface area contributed by atoms with E-state index < -0.39 is 0 Å². The van der Waals surface area contributed by atoms with Crippen molar-refractivity contribution in [3.63, 3.8) is 0 Å². The standard InChI is InChI=1S/C19H21N5O2/c1-2-11-23(13-15-5-3-4-6-18(15)25)19(26)22-16-12-21-24(14-16)17-7-9-20-10-8-17/h3-10,12,14,25H,2,11,13H2,1H3,(H,22,26). The number of nitrogens with zero attached hydrogens (tertiary/aromatic N) is 4. The molecule has 7 heteroatoms. The number of carbonyl (C=O) groups excluding carboxylic acids is 1. The van der Waals surface area contributed by atoms with Gasteiger partial charge in [0.2, 0.25) is 0 Å². The summed E-state index contributed by atoms with van der Waals surface area (Å²) in [7, 11) is 0. The van der Waals surface area contributed by atoms with Gasteiger partial charge in [-0.3, -0.25) is 4.98 Å². The summed E-state index contributed by atoms with van der Waals surface area (Å²) in [5.41, 5.74) is 2.17. The number of urea groups is 1. The SMILES string of the molecule is CCCN(Cc1ccccc1O)C(=O)Nc1cnn(-c2ccncc2)c1. The number of rotatable bonds is 6. The number of amides is 2. The molecule has 0 atom stereocenters. The molecule has 2 heterocycles. The zero-order valence-corrected chi connectivity index (χ0v) is 14.5. The molecule has 3 aromatic rings. The average Bonchev–Trinajstić information content (AvgIpc) is 3.12. The molecule has 0 aliphatic rings. The molecule has 1 aromatic carbocycles. The Kier molecular flexibility index (Phi) is 5.48. The van der Waals surface area contributed by atoms with Crippen LogP contribution in [0.4, 0.5) is 10.5 Å². The van der Waals surface area contributed by atoms with Crippen molar-refractivity contribution in [3.05, 3.63) is 66.7 Å². The third kappa shape index (κ3) is 4.18. The van der Waals surface area contributed by atoms with Crippen LogP contribution in [0.15, 0.2) is 61.2 Å². The lowest BCUT2D eigenvalue weighted by Gasteiger charge is -2.22. The van der Waals surface area contributed by atoms with Crippen molar-refractivity contribution in [2.24, 2.45) is 0 Å². The van der Waals surface area contributed by atoms with Crippen molar-refractivity contribution in [2.75, 3.05) is 11.9 Å². The van der Waals surface area contributed by atoms with Crippen LogP contribution in [0.3, 0.4) is 0 Å². The second-order valence-corrected chi connectivity index (χ2v) is 5.86. The van der Waals surface area contributed by atoms with Crippen molar-refractivity contribution in [2.45, 2.75) is 19.9 Å². The predicted octanol–water partition coefficient (Wildman–Crippen LogP) is 3.42. The van der Waals surface area contributed by atoms with E-state index >= 15 is 0 Å². The number of pyridine rings is 1. The number of phenolic OH excluding ortho intramolecular Hbond substituents is 1. The lowest BCUT2D eigenvalue weighted by molar-refractivity contribution is 0.208. The second kappa shape index (κ2) is 8.15. The lowest BCUT2D eigenvalue weighted by Crippen LogP contribution is -2.35. The smallest absolute Gasteiger partial charge is 0.322 e. The van der Waals surface area contributed by atoms with Crippen molar-refractivity contribution in [3.8, 4) is 11.4 Å². The number of aromatic nitrogens is 3. The summed E-state index contributed by atoms with van der Waals surface area (Å²) in [5.74, 6) is 0.187. The van der Waals surface area contributed by atoms with Gasteiger partial charge in [0.05, 0.1) is 30.3 Å². The number of benzene rings is 1. The van der Waals surface area contributed by atoms with Gasteiger partial charge in [0, 0.05) is 24.5 Å². The van der Waals surface area contributed by atoms with Gasteiger partial charge in [-0.25, -0.2) is 9.48 Å². The summed E-state index contributed by atoms with van der Waals surface area (Å²) in [6.45, 7) is 2.93. The fraction of sp³-hybridized carbons (Fsp3) is 0.211. The fourth-order valence-electron chi connectivity index (χ4n) is 2.60. The molecule has 0 spiro atoms. The van der Waals surface area contributed by atoms with E-state index in [1.165, 1.54) is 0 Å². The zero-order chi connectivity index (χ0) is 18.4. The number of hydrogen-bond acceptors (Lipinski definition) is 4. The Morgan fingerprint density at radius 2 is 2.00 bits per heavy atom. The molecule has 0 saturated heterocycles. The highest BCUT2D eigenvalue weighted by atomic mass is 16.3. The monoisotopic (exact) mass is 351 g/mol. The maximum atomic E-state index is 12.7. The van der Waals surface area contributed by atoms with Crippen LogP contribution < -0.4 is 5.32 Å². The second-order valence-electron chi connectivity index (χ2n) is 5.86. The van der Waals surface area contributed by atoms with Crippen LogP contribution in [0, 0.1) is 0 Å². The van der Waals surface area contributed by atoms with Crippen molar-refractivity contribution < 1.29 is 9.90 Å². The molecule has 0 radical (unpaired) electrons. The van der Waals surface area contributed by atoms with Crippen LogP contribution >= 0.6 is 0 Å². The van der Waals surface area contributed by atoms with E-state index in [0.717, 1.165) is 12.1 Å². The summed E-state index contributed by atoms with van der Waals surface area (Å²) in [6, 6.07) is 10.5. The lowest BCUT2D eigenvalue weighted by atomic mass is 10.2. The van der Waals surface area contributed by atoms with Crippen molar-refractivity contribution in [1.82, 2.24) is 19.7 Å². The van der Waals surface area contributed by atoms with Gasteiger partial charge in [-0.2, -0.15) is 5.10 Å². The molecule has 134 valence electrons. The molecule has 0 aliphatic carbocycles. The van der Waals surface area contributed by atoms with Gasteiger partial charge in [-0.1, -0.05) is 25.1 Å². The molecule has 3 rings (SSSR count). The number of para-hydroxylation sites is 1. The molecule has 0 bridgehead atoms. The number of phenols is 1. The van der Waals surface area contributed by atoms with E-state index in [1.807, 2.05) is 31.2 Å².